The molecule has 26 heavy (non-hydrogen) atoms. The fourth-order valence-corrected chi connectivity index (χ4v) is 2.95. The Balaban J connectivity index is 1.69. The van der Waals surface area contributed by atoms with E-state index in [9.17, 15) is 14.0 Å². The average molecular weight is 357 g/mol. The summed E-state index contributed by atoms with van der Waals surface area (Å²) in [5, 5.41) is 11.3. The van der Waals surface area contributed by atoms with Gasteiger partial charge in [-0.3, -0.25) is 4.79 Å². The summed E-state index contributed by atoms with van der Waals surface area (Å²) in [6.07, 6.45) is 6.19. The van der Waals surface area contributed by atoms with Crippen LogP contribution in [-0.2, 0) is 0 Å². The third kappa shape index (κ3) is 4.17. The first-order valence-electron chi connectivity index (χ1n) is 8.60. The number of pyridine rings is 1. The van der Waals surface area contributed by atoms with Crippen molar-refractivity contribution in [1.82, 2.24) is 4.98 Å². The van der Waals surface area contributed by atoms with E-state index in [0.29, 0.717) is 5.56 Å². The molecule has 2 N–H and O–H groups in total. The van der Waals surface area contributed by atoms with E-state index in [1.807, 2.05) is 0 Å². The molecule has 0 bridgehead atoms. The van der Waals surface area contributed by atoms with Crippen molar-refractivity contribution in [2.45, 2.75) is 25.7 Å². The summed E-state index contributed by atoms with van der Waals surface area (Å²) in [6, 6.07) is 6.80. The van der Waals surface area contributed by atoms with Gasteiger partial charge in [0.05, 0.1) is 16.8 Å². The maximum absolute atomic E-state index is 13.9. The number of carboxylic acid groups (broad SMARTS) is 1. The number of nitrogens with zero attached hydrogens (tertiary/aromatic N) is 2. The number of aromatic carboxylic acids is 1. The minimum absolute atomic E-state index is 0.0726. The maximum atomic E-state index is 13.9. The van der Waals surface area contributed by atoms with Gasteiger partial charge < -0.3 is 15.3 Å². The van der Waals surface area contributed by atoms with Gasteiger partial charge in [-0.15, -0.1) is 0 Å². The molecule has 3 rings (SSSR count). The lowest BCUT2D eigenvalue weighted by Crippen LogP contribution is -2.25. The highest BCUT2D eigenvalue weighted by atomic mass is 19.1. The quantitative estimate of drug-likeness (QED) is 0.874. The normalized spacial score (nSPS) is 14.6. The molecule has 0 atom stereocenters. The molecule has 1 aliphatic rings. The molecule has 0 saturated carbocycles. The van der Waals surface area contributed by atoms with E-state index in [-0.39, 0.29) is 11.3 Å². The molecule has 1 amide bonds. The predicted molar refractivity (Wildman–Crippen MR) is 96.2 cm³/mol. The van der Waals surface area contributed by atoms with Crippen LogP contribution in [0, 0.1) is 5.82 Å². The molecule has 1 aliphatic heterocycles. The average Bonchev–Trinajstić information content (AvgIpc) is 2.92. The molecule has 1 saturated heterocycles. The molecule has 0 aliphatic carbocycles. The minimum Gasteiger partial charge on any atom is -0.478 e. The smallest absolute Gasteiger partial charge is 0.335 e. The number of nitrogens with one attached hydrogen (secondary N) is 1. The number of amides is 1. The second-order valence-electron chi connectivity index (χ2n) is 6.26. The Bertz CT molecular complexity index is 800. The molecule has 1 fully saturated rings. The third-order valence-electron chi connectivity index (χ3n) is 4.40. The van der Waals surface area contributed by atoms with Crippen LogP contribution in [0.4, 0.5) is 15.9 Å². The van der Waals surface area contributed by atoms with Gasteiger partial charge in [-0.2, -0.15) is 0 Å². The lowest BCUT2D eigenvalue weighted by Gasteiger charge is -2.21. The van der Waals surface area contributed by atoms with Gasteiger partial charge >= 0.3 is 5.97 Å². The highest BCUT2D eigenvalue weighted by Gasteiger charge is 2.14. The molecular weight excluding hydrogens is 337 g/mol. The first-order chi connectivity index (χ1) is 12.5. The highest BCUT2D eigenvalue weighted by Crippen LogP contribution is 2.19. The zero-order valence-corrected chi connectivity index (χ0v) is 14.2. The maximum Gasteiger partial charge on any atom is 0.335 e. The largest absolute Gasteiger partial charge is 0.478 e. The van der Waals surface area contributed by atoms with Crippen molar-refractivity contribution < 1.29 is 19.1 Å². The van der Waals surface area contributed by atoms with Gasteiger partial charge in [-0.25, -0.2) is 14.2 Å². The number of carboxylic acids is 1. The van der Waals surface area contributed by atoms with Gasteiger partial charge in [0.1, 0.15) is 11.6 Å². The van der Waals surface area contributed by atoms with Gasteiger partial charge in [0.25, 0.3) is 5.91 Å². The van der Waals surface area contributed by atoms with Crippen LogP contribution in [0.3, 0.4) is 0 Å². The number of carbonyl (C=O) groups is 2. The molecule has 2 aromatic rings. The van der Waals surface area contributed by atoms with Crippen molar-refractivity contribution in [2.24, 2.45) is 0 Å². The second kappa shape index (κ2) is 7.95. The van der Waals surface area contributed by atoms with Gasteiger partial charge in [-0.05, 0) is 43.2 Å². The van der Waals surface area contributed by atoms with Crippen LogP contribution in [-0.4, -0.2) is 35.1 Å². The Morgan fingerprint density at radius 2 is 1.73 bits per heavy atom. The van der Waals surface area contributed by atoms with E-state index < -0.39 is 17.7 Å². The molecule has 136 valence electrons. The number of rotatable bonds is 4. The number of anilines is 2. The zero-order chi connectivity index (χ0) is 18.5. The van der Waals surface area contributed by atoms with Gasteiger partial charge in [0.15, 0.2) is 0 Å². The number of hydrogen-bond acceptors (Lipinski definition) is 4. The number of aromatic nitrogens is 1. The summed E-state index contributed by atoms with van der Waals surface area (Å²) >= 11 is 0. The SMILES string of the molecule is O=C(O)c1ccc(NC(=O)c2ccc(N3CCCCCC3)nc2)c(F)c1. The molecular formula is C19H20FN3O3. The van der Waals surface area contributed by atoms with Crippen molar-refractivity contribution in [3.05, 3.63) is 53.5 Å². The lowest BCUT2D eigenvalue weighted by atomic mass is 10.2. The summed E-state index contributed by atoms with van der Waals surface area (Å²) in [7, 11) is 0. The second-order valence-corrected chi connectivity index (χ2v) is 6.26. The monoisotopic (exact) mass is 357 g/mol. The summed E-state index contributed by atoms with van der Waals surface area (Å²) in [6.45, 7) is 1.92. The highest BCUT2D eigenvalue weighted by molar-refractivity contribution is 6.04. The minimum atomic E-state index is -1.23. The zero-order valence-electron chi connectivity index (χ0n) is 14.2. The van der Waals surface area contributed by atoms with Crippen LogP contribution < -0.4 is 10.2 Å². The summed E-state index contributed by atoms with van der Waals surface area (Å²) in [4.78, 5) is 29.7. The van der Waals surface area contributed by atoms with E-state index >= 15 is 0 Å². The number of carbonyl (C=O) groups excluding carboxylic acids is 1. The van der Waals surface area contributed by atoms with Crippen LogP contribution in [0.15, 0.2) is 36.5 Å². The van der Waals surface area contributed by atoms with Crippen LogP contribution in [0.2, 0.25) is 0 Å². The van der Waals surface area contributed by atoms with Gasteiger partial charge in [-0.1, -0.05) is 12.8 Å². The molecule has 0 radical (unpaired) electrons. The number of benzene rings is 1. The fourth-order valence-electron chi connectivity index (χ4n) is 2.95. The van der Waals surface area contributed by atoms with Crippen molar-refractivity contribution in [3.63, 3.8) is 0 Å². The third-order valence-corrected chi connectivity index (χ3v) is 4.40. The molecule has 7 heteroatoms. The van der Waals surface area contributed by atoms with Gasteiger partial charge in [0, 0.05) is 19.3 Å². The molecule has 1 aromatic carbocycles. The standard InChI is InChI=1S/C19H20FN3O3/c20-15-11-13(19(25)26)5-7-16(15)22-18(24)14-6-8-17(21-12-14)23-9-3-1-2-4-10-23/h5-8,11-12H,1-4,9-10H2,(H,22,24)(H,25,26). The molecule has 2 heterocycles. The Morgan fingerprint density at radius 3 is 2.31 bits per heavy atom. The van der Waals surface area contributed by atoms with E-state index in [4.69, 9.17) is 5.11 Å². The first-order valence-corrected chi connectivity index (χ1v) is 8.60. The van der Waals surface area contributed by atoms with E-state index in [1.165, 1.54) is 31.2 Å². The Kier molecular flexibility index (Phi) is 5.46. The fraction of sp³-hybridized carbons (Fsp3) is 0.316. The van der Waals surface area contributed by atoms with E-state index in [2.05, 4.69) is 15.2 Å². The Labute approximate surface area is 150 Å². The molecule has 6 nitrogen and oxygen atoms in total. The Hall–Kier alpha value is -2.96. The van der Waals surface area contributed by atoms with Crippen molar-refractivity contribution in [2.75, 3.05) is 23.3 Å². The summed E-state index contributed by atoms with van der Waals surface area (Å²) in [5.41, 5.74) is 0.0610. The van der Waals surface area contributed by atoms with Crippen LogP contribution in [0.5, 0.6) is 0 Å². The van der Waals surface area contributed by atoms with Gasteiger partial charge in [0.2, 0.25) is 0 Å². The lowest BCUT2D eigenvalue weighted by molar-refractivity contribution is 0.0696. The van der Waals surface area contributed by atoms with Crippen molar-refractivity contribution >= 4 is 23.4 Å². The molecule has 1 aromatic heterocycles. The van der Waals surface area contributed by atoms with E-state index in [1.54, 1.807) is 12.1 Å². The topological polar surface area (TPSA) is 82.5 Å². The predicted octanol–water partition coefficient (Wildman–Crippen LogP) is 3.55. The van der Waals surface area contributed by atoms with Crippen LogP contribution in [0.25, 0.3) is 0 Å². The van der Waals surface area contributed by atoms with Crippen molar-refractivity contribution in [1.29, 1.82) is 0 Å². The first kappa shape index (κ1) is 17.8. The van der Waals surface area contributed by atoms with Crippen LogP contribution in [0.1, 0.15) is 46.4 Å². The summed E-state index contributed by atoms with van der Waals surface area (Å²) in [5.74, 6) is -1.69. The number of halogens is 1. The summed E-state index contributed by atoms with van der Waals surface area (Å²) < 4.78 is 13.9. The van der Waals surface area contributed by atoms with Crippen LogP contribution >= 0.6 is 0 Å². The van der Waals surface area contributed by atoms with Crippen molar-refractivity contribution in [3.8, 4) is 0 Å². The molecule has 0 spiro atoms. The molecule has 0 unspecified atom stereocenters. The number of hydrogen-bond donors (Lipinski definition) is 2. The Morgan fingerprint density at radius 1 is 1.04 bits per heavy atom. The van der Waals surface area contributed by atoms with E-state index in [0.717, 1.165) is 37.8 Å².